The monoisotopic (exact) mass is 362 g/mol. The molecule has 0 atom stereocenters. The molecule has 2 aromatic carbocycles. The third kappa shape index (κ3) is 7.02. The van der Waals surface area contributed by atoms with Gasteiger partial charge in [0.05, 0.1) is 0 Å². The van der Waals surface area contributed by atoms with Gasteiger partial charge in [0.25, 0.3) is 0 Å². The van der Waals surface area contributed by atoms with Crippen LogP contribution in [-0.2, 0) is 0 Å². The zero-order valence-electron chi connectivity index (χ0n) is 14.2. The second-order valence-corrected chi connectivity index (χ2v) is 5.64. The van der Waals surface area contributed by atoms with E-state index < -0.39 is 6.36 Å². The molecule has 0 N–H and O–H groups in total. The molecule has 0 heterocycles. The summed E-state index contributed by atoms with van der Waals surface area (Å²) in [5, 5.41) is 0. The molecule has 0 saturated heterocycles. The third-order valence-corrected chi connectivity index (χ3v) is 3.44. The summed E-state index contributed by atoms with van der Waals surface area (Å²) in [4.78, 5) is 0. The lowest BCUT2D eigenvalue weighted by atomic mass is 10.1. The number of hydrogen-bond donors (Lipinski definition) is 0. The van der Waals surface area contributed by atoms with Gasteiger partial charge in [0.1, 0.15) is 11.6 Å². The van der Waals surface area contributed by atoms with Crippen LogP contribution in [0.25, 0.3) is 6.08 Å². The summed E-state index contributed by atoms with van der Waals surface area (Å²) >= 11 is 0. The molecule has 0 bridgehead atoms. The zero-order valence-corrected chi connectivity index (χ0v) is 14.2. The predicted octanol–water partition coefficient (Wildman–Crippen LogP) is 6.49. The molecule has 0 unspecified atom stereocenters. The Hall–Kier alpha value is -2.74. The number of rotatable bonds is 5. The number of allylic oxidation sites excluding steroid dienone is 1. The van der Waals surface area contributed by atoms with Crippen molar-refractivity contribution in [3.05, 3.63) is 71.0 Å². The van der Waals surface area contributed by atoms with Crippen LogP contribution in [0.2, 0.25) is 0 Å². The molecular weight excluding hydrogens is 344 g/mol. The van der Waals surface area contributed by atoms with Crippen LogP contribution in [0.1, 0.15) is 42.9 Å². The van der Waals surface area contributed by atoms with Crippen LogP contribution in [0.15, 0.2) is 54.4 Å². The molecule has 2 aromatic rings. The topological polar surface area (TPSA) is 9.23 Å². The number of ether oxygens (including phenoxy) is 1. The van der Waals surface area contributed by atoms with Gasteiger partial charge < -0.3 is 4.74 Å². The highest BCUT2D eigenvalue weighted by Gasteiger charge is 2.30. The summed E-state index contributed by atoms with van der Waals surface area (Å²) in [5.41, 5.74) is 2.05. The first-order valence-corrected chi connectivity index (χ1v) is 8.19. The van der Waals surface area contributed by atoms with Gasteiger partial charge in [-0.1, -0.05) is 37.3 Å². The van der Waals surface area contributed by atoms with Crippen LogP contribution < -0.4 is 4.74 Å². The van der Waals surface area contributed by atoms with E-state index in [1.807, 2.05) is 6.92 Å². The van der Waals surface area contributed by atoms with Gasteiger partial charge in [-0.25, -0.2) is 4.39 Å². The van der Waals surface area contributed by atoms with Crippen LogP contribution in [0.3, 0.4) is 0 Å². The van der Waals surface area contributed by atoms with E-state index in [4.69, 9.17) is 0 Å². The van der Waals surface area contributed by atoms with Crippen LogP contribution in [0.4, 0.5) is 17.6 Å². The van der Waals surface area contributed by atoms with Crippen molar-refractivity contribution in [2.45, 2.75) is 32.5 Å². The number of alkyl halides is 3. The minimum absolute atomic E-state index is 0.146. The molecule has 0 fully saturated rings. The van der Waals surface area contributed by atoms with Crippen LogP contribution in [-0.4, -0.2) is 6.36 Å². The Kier molecular flexibility index (Phi) is 6.85. The maximum Gasteiger partial charge on any atom is 0.573 e. The van der Waals surface area contributed by atoms with Crippen LogP contribution in [0, 0.1) is 11.8 Å². The summed E-state index contributed by atoms with van der Waals surface area (Å²) < 4.78 is 53.8. The largest absolute Gasteiger partial charge is 0.573 e. The van der Waals surface area contributed by atoms with Crippen molar-refractivity contribution in [1.82, 2.24) is 0 Å². The maximum atomic E-state index is 13.6. The van der Waals surface area contributed by atoms with Crippen molar-refractivity contribution >= 4 is 6.08 Å². The summed E-state index contributed by atoms with van der Waals surface area (Å²) in [7, 11) is 0. The number of halogens is 4. The van der Waals surface area contributed by atoms with Crippen molar-refractivity contribution in [2.75, 3.05) is 0 Å². The Labute approximate surface area is 150 Å². The first-order valence-electron chi connectivity index (χ1n) is 8.19. The standard InChI is InChI=1S/C21H18F4O/c1-2-3-4-19(22)15-18-9-7-16(8-10-18)5-6-17-11-13-20(14-12-17)26-21(23,24)25/h7-15H,2-4H2,1H3/b19-15+. The van der Waals surface area contributed by atoms with E-state index in [2.05, 4.69) is 16.6 Å². The third-order valence-electron chi connectivity index (χ3n) is 3.44. The highest BCUT2D eigenvalue weighted by molar-refractivity contribution is 5.53. The van der Waals surface area contributed by atoms with Gasteiger partial charge in [0.15, 0.2) is 0 Å². The summed E-state index contributed by atoms with van der Waals surface area (Å²) in [5.74, 6) is 5.34. The Bertz CT molecular complexity index is 791. The van der Waals surface area contributed by atoms with Crippen molar-refractivity contribution in [3.63, 3.8) is 0 Å². The smallest absolute Gasteiger partial charge is 0.406 e. The van der Waals surface area contributed by atoms with Crippen LogP contribution >= 0.6 is 0 Å². The minimum Gasteiger partial charge on any atom is -0.406 e. The Morgan fingerprint density at radius 3 is 2.00 bits per heavy atom. The second-order valence-electron chi connectivity index (χ2n) is 5.64. The molecule has 26 heavy (non-hydrogen) atoms. The Balaban J connectivity index is 2.01. The molecule has 1 nitrogen and oxygen atoms in total. The summed E-state index contributed by atoms with van der Waals surface area (Å²) in [6, 6.07) is 12.4. The van der Waals surface area contributed by atoms with E-state index in [9.17, 15) is 17.6 Å². The maximum absolute atomic E-state index is 13.6. The van der Waals surface area contributed by atoms with E-state index >= 15 is 0 Å². The molecule has 0 radical (unpaired) electrons. The molecule has 0 aliphatic rings. The van der Waals surface area contributed by atoms with Gasteiger partial charge in [0.2, 0.25) is 0 Å². The summed E-state index contributed by atoms with van der Waals surface area (Å²) in [6.45, 7) is 2.01. The lowest BCUT2D eigenvalue weighted by Gasteiger charge is -2.07. The van der Waals surface area contributed by atoms with Gasteiger partial charge in [-0.05, 0) is 60.9 Å². The quantitative estimate of drug-likeness (QED) is 0.437. The molecule has 136 valence electrons. The molecule has 0 spiro atoms. The first kappa shape index (κ1) is 19.6. The lowest BCUT2D eigenvalue weighted by Crippen LogP contribution is -2.16. The number of unbranched alkanes of at least 4 members (excludes halogenated alkanes) is 1. The van der Waals surface area contributed by atoms with Crippen molar-refractivity contribution < 1.29 is 22.3 Å². The van der Waals surface area contributed by atoms with Gasteiger partial charge in [-0.3, -0.25) is 0 Å². The average molecular weight is 362 g/mol. The first-order chi connectivity index (χ1) is 12.4. The molecule has 0 aliphatic heterocycles. The molecule has 0 saturated carbocycles. The fourth-order valence-corrected chi connectivity index (χ4v) is 2.15. The van der Waals surface area contributed by atoms with Gasteiger partial charge in [-0.2, -0.15) is 0 Å². The van der Waals surface area contributed by atoms with Gasteiger partial charge >= 0.3 is 6.36 Å². The van der Waals surface area contributed by atoms with Crippen molar-refractivity contribution in [3.8, 4) is 17.6 Å². The van der Waals surface area contributed by atoms with Crippen LogP contribution in [0.5, 0.6) is 5.75 Å². The molecular formula is C21H18F4O. The number of hydrogen-bond acceptors (Lipinski definition) is 1. The highest BCUT2D eigenvalue weighted by Crippen LogP contribution is 2.22. The van der Waals surface area contributed by atoms with E-state index in [0.717, 1.165) is 24.0 Å². The van der Waals surface area contributed by atoms with E-state index in [1.54, 1.807) is 24.3 Å². The van der Waals surface area contributed by atoms with E-state index in [-0.39, 0.29) is 11.6 Å². The fourth-order valence-electron chi connectivity index (χ4n) is 2.15. The summed E-state index contributed by atoms with van der Waals surface area (Å²) in [6.07, 6.45) is -1.00. The molecule has 0 aromatic heterocycles. The molecule has 0 aliphatic carbocycles. The normalized spacial score (nSPS) is 11.7. The SMILES string of the molecule is CCCC/C(F)=C\c1ccc(C#Cc2ccc(OC(F)(F)F)cc2)cc1. The van der Waals surface area contributed by atoms with Gasteiger partial charge in [-0.15, -0.1) is 13.2 Å². The Morgan fingerprint density at radius 2 is 1.50 bits per heavy atom. The fraction of sp³-hybridized carbons (Fsp3) is 0.238. The van der Waals surface area contributed by atoms with Crippen molar-refractivity contribution in [2.24, 2.45) is 0 Å². The minimum atomic E-state index is -4.71. The number of benzene rings is 2. The lowest BCUT2D eigenvalue weighted by molar-refractivity contribution is -0.274. The molecule has 2 rings (SSSR count). The molecule has 0 amide bonds. The predicted molar refractivity (Wildman–Crippen MR) is 94.2 cm³/mol. The Morgan fingerprint density at radius 1 is 0.962 bits per heavy atom. The van der Waals surface area contributed by atoms with E-state index in [0.29, 0.717) is 12.0 Å². The highest BCUT2D eigenvalue weighted by atomic mass is 19.4. The van der Waals surface area contributed by atoms with Crippen molar-refractivity contribution in [1.29, 1.82) is 0 Å². The van der Waals surface area contributed by atoms with E-state index in [1.165, 1.54) is 30.3 Å². The zero-order chi connectivity index (χ0) is 19.0. The molecule has 5 heteroatoms. The second kappa shape index (κ2) is 9.10. The van der Waals surface area contributed by atoms with Gasteiger partial charge in [0, 0.05) is 11.1 Å². The average Bonchev–Trinajstić information content (AvgIpc) is 2.59.